The number of ether oxygens (including phenoxy) is 1. The summed E-state index contributed by atoms with van der Waals surface area (Å²) >= 11 is 0. The minimum absolute atomic E-state index is 0.0184. The van der Waals surface area contributed by atoms with Crippen molar-refractivity contribution in [3.8, 4) is 0 Å². The fourth-order valence-corrected chi connectivity index (χ4v) is 5.50. The minimum atomic E-state index is -0.964. The van der Waals surface area contributed by atoms with E-state index in [-0.39, 0.29) is 43.2 Å². The standard InChI is InChI=1S/C36H38N4O5/c1-24(2)31-35(44)39(29(26-16-10-6-11-17-26)21-40(31)34(43)27-18-12-7-13-19-27)22-30(41)37-28(20-25-14-8-5-9-15-25)32(42)33-38-36(3,4)23-45-33/h5-19,21,24,28,31H,20,22-23H2,1-4H3,(H,37,41). The Balaban J connectivity index is 1.47. The number of ketones is 1. The van der Waals surface area contributed by atoms with Gasteiger partial charge in [0.2, 0.25) is 11.7 Å². The van der Waals surface area contributed by atoms with Gasteiger partial charge in [0.05, 0.1) is 11.2 Å². The lowest BCUT2D eigenvalue weighted by molar-refractivity contribution is -0.138. The number of carbonyl (C=O) groups is 4. The molecule has 2 heterocycles. The van der Waals surface area contributed by atoms with Gasteiger partial charge in [0.25, 0.3) is 17.7 Å². The van der Waals surface area contributed by atoms with E-state index in [0.717, 1.165) is 5.56 Å². The van der Waals surface area contributed by atoms with Crippen molar-refractivity contribution >= 4 is 35.1 Å². The van der Waals surface area contributed by atoms with Crippen LogP contribution in [0.3, 0.4) is 0 Å². The van der Waals surface area contributed by atoms with E-state index in [1.807, 2.05) is 94.4 Å². The van der Waals surface area contributed by atoms with Crippen molar-refractivity contribution in [2.75, 3.05) is 13.2 Å². The van der Waals surface area contributed by atoms with Gasteiger partial charge in [-0.05, 0) is 43.0 Å². The van der Waals surface area contributed by atoms with E-state index in [2.05, 4.69) is 10.3 Å². The third-order valence-electron chi connectivity index (χ3n) is 7.74. The van der Waals surface area contributed by atoms with Gasteiger partial charge >= 0.3 is 0 Å². The molecule has 0 radical (unpaired) electrons. The van der Waals surface area contributed by atoms with Crippen LogP contribution in [0.4, 0.5) is 0 Å². The smallest absolute Gasteiger partial charge is 0.258 e. The lowest BCUT2D eigenvalue weighted by atomic mass is 9.96. The van der Waals surface area contributed by atoms with E-state index < -0.39 is 29.3 Å². The topological polar surface area (TPSA) is 108 Å². The molecule has 0 spiro atoms. The summed E-state index contributed by atoms with van der Waals surface area (Å²) in [5, 5.41) is 2.86. The van der Waals surface area contributed by atoms with E-state index in [9.17, 15) is 19.2 Å². The summed E-state index contributed by atoms with van der Waals surface area (Å²) in [6.45, 7) is 7.39. The summed E-state index contributed by atoms with van der Waals surface area (Å²) in [6, 6.07) is 25.5. The third kappa shape index (κ3) is 7.20. The maximum Gasteiger partial charge on any atom is 0.258 e. The molecular formula is C36H38N4O5. The SMILES string of the molecule is CC(C)C1C(=O)N(CC(=O)NC(Cc2ccccc2)C(=O)C2=NC(C)(C)CO2)C(c2ccccc2)=CN1C(=O)c1ccccc1. The molecule has 9 heteroatoms. The van der Waals surface area contributed by atoms with E-state index in [0.29, 0.717) is 16.8 Å². The van der Waals surface area contributed by atoms with Crippen LogP contribution < -0.4 is 5.32 Å². The fourth-order valence-electron chi connectivity index (χ4n) is 5.50. The van der Waals surface area contributed by atoms with Crippen LogP contribution in [-0.2, 0) is 25.5 Å². The molecule has 45 heavy (non-hydrogen) atoms. The molecule has 2 atom stereocenters. The predicted molar refractivity (Wildman–Crippen MR) is 172 cm³/mol. The van der Waals surface area contributed by atoms with Crippen molar-refractivity contribution < 1.29 is 23.9 Å². The van der Waals surface area contributed by atoms with Crippen LogP contribution in [0.15, 0.2) is 102 Å². The van der Waals surface area contributed by atoms with Crippen molar-refractivity contribution in [1.82, 2.24) is 15.1 Å². The second-order valence-electron chi connectivity index (χ2n) is 12.3. The summed E-state index contributed by atoms with van der Waals surface area (Å²) in [5.41, 5.74) is 1.83. The van der Waals surface area contributed by atoms with Crippen LogP contribution in [0.2, 0.25) is 0 Å². The molecule has 3 aromatic carbocycles. The van der Waals surface area contributed by atoms with Crippen molar-refractivity contribution in [3.63, 3.8) is 0 Å². The number of carbonyl (C=O) groups excluding carboxylic acids is 4. The zero-order valence-corrected chi connectivity index (χ0v) is 26.0. The molecule has 9 nitrogen and oxygen atoms in total. The Bertz CT molecular complexity index is 1620. The lowest BCUT2D eigenvalue weighted by Crippen LogP contribution is -2.57. The van der Waals surface area contributed by atoms with Crippen LogP contribution >= 0.6 is 0 Å². The molecule has 2 aliphatic rings. The van der Waals surface area contributed by atoms with Crippen LogP contribution in [0.1, 0.15) is 49.2 Å². The molecule has 2 aliphatic heterocycles. The maximum absolute atomic E-state index is 14.2. The molecule has 0 bridgehead atoms. The van der Waals surface area contributed by atoms with Crippen molar-refractivity contribution in [3.05, 3.63) is 114 Å². The second-order valence-corrected chi connectivity index (χ2v) is 12.3. The summed E-state index contributed by atoms with van der Waals surface area (Å²) in [6.07, 6.45) is 1.87. The number of nitrogens with zero attached hydrogens (tertiary/aromatic N) is 3. The number of hydrogen-bond donors (Lipinski definition) is 1. The average Bonchev–Trinajstić information content (AvgIpc) is 3.41. The molecule has 0 saturated carbocycles. The van der Waals surface area contributed by atoms with Gasteiger partial charge in [-0.3, -0.25) is 24.1 Å². The highest BCUT2D eigenvalue weighted by Gasteiger charge is 2.42. The summed E-state index contributed by atoms with van der Waals surface area (Å²) in [7, 11) is 0. The van der Waals surface area contributed by atoms with Crippen LogP contribution in [0.5, 0.6) is 0 Å². The number of aliphatic imine (C=N–C) groups is 1. The number of rotatable bonds is 10. The Hall–Kier alpha value is -5.05. The number of nitrogens with one attached hydrogen (secondary N) is 1. The van der Waals surface area contributed by atoms with Crippen LogP contribution in [-0.4, -0.2) is 70.0 Å². The van der Waals surface area contributed by atoms with Gasteiger partial charge in [-0.1, -0.05) is 92.7 Å². The van der Waals surface area contributed by atoms with Crippen molar-refractivity contribution in [2.45, 2.75) is 51.7 Å². The predicted octanol–water partition coefficient (Wildman–Crippen LogP) is 4.50. The van der Waals surface area contributed by atoms with Gasteiger partial charge in [0, 0.05) is 18.2 Å². The van der Waals surface area contributed by atoms with Crippen LogP contribution in [0.25, 0.3) is 5.70 Å². The van der Waals surface area contributed by atoms with Gasteiger partial charge in [0.15, 0.2) is 0 Å². The van der Waals surface area contributed by atoms with Crippen molar-refractivity contribution in [2.24, 2.45) is 10.9 Å². The van der Waals surface area contributed by atoms with E-state index in [1.54, 1.807) is 30.5 Å². The van der Waals surface area contributed by atoms with E-state index in [1.165, 1.54) is 9.80 Å². The quantitative estimate of drug-likeness (QED) is 0.366. The molecule has 2 unspecified atom stereocenters. The molecule has 0 aliphatic carbocycles. The lowest BCUT2D eigenvalue weighted by Gasteiger charge is -2.41. The molecule has 3 amide bonds. The first-order chi connectivity index (χ1) is 21.5. The van der Waals surface area contributed by atoms with Crippen molar-refractivity contribution in [1.29, 1.82) is 0 Å². The van der Waals surface area contributed by atoms with Crippen LogP contribution in [0, 0.1) is 5.92 Å². The number of amides is 3. The first kappa shape index (κ1) is 31.4. The van der Waals surface area contributed by atoms with Gasteiger partial charge in [-0.2, -0.15) is 0 Å². The summed E-state index contributed by atoms with van der Waals surface area (Å²) in [5.74, 6) is -1.92. The zero-order valence-electron chi connectivity index (χ0n) is 26.0. The summed E-state index contributed by atoms with van der Waals surface area (Å²) in [4.78, 5) is 62.6. The van der Waals surface area contributed by atoms with Gasteiger partial charge < -0.3 is 15.0 Å². The van der Waals surface area contributed by atoms with E-state index in [4.69, 9.17) is 4.74 Å². The second kappa shape index (κ2) is 13.3. The highest BCUT2D eigenvalue weighted by molar-refractivity contribution is 6.39. The Morgan fingerprint density at radius 2 is 1.53 bits per heavy atom. The molecule has 232 valence electrons. The number of hydrogen-bond acceptors (Lipinski definition) is 6. The first-order valence-corrected chi connectivity index (χ1v) is 15.1. The average molecular weight is 607 g/mol. The largest absolute Gasteiger partial charge is 0.473 e. The monoisotopic (exact) mass is 606 g/mol. The normalized spacial score (nSPS) is 18.2. The minimum Gasteiger partial charge on any atom is -0.473 e. The molecule has 0 saturated heterocycles. The van der Waals surface area contributed by atoms with Gasteiger partial charge in [-0.25, -0.2) is 4.99 Å². The molecule has 0 fully saturated rings. The Labute approximate surface area is 263 Å². The van der Waals surface area contributed by atoms with E-state index >= 15 is 0 Å². The Morgan fingerprint density at radius 1 is 0.933 bits per heavy atom. The highest BCUT2D eigenvalue weighted by atomic mass is 16.5. The third-order valence-corrected chi connectivity index (χ3v) is 7.74. The summed E-state index contributed by atoms with van der Waals surface area (Å²) < 4.78 is 5.62. The number of benzene rings is 3. The maximum atomic E-state index is 14.2. The molecule has 3 aromatic rings. The Kier molecular flexibility index (Phi) is 9.27. The molecule has 1 N–H and O–H groups in total. The molecule has 0 aromatic heterocycles. The number of Topliss-reactive ketones (excluding diaryl/α,β-unsaturated/α-hetero) is 1. The Morgan fingerprint density at radius 3 is 2.11 bits per heavy atom. The molecular weight excluding hydrogens is 568 g/mol. The highest BCUT2D eigenvalue weighted by Crippen LogP contribution is 2.31. The van der Waals surface area contributed by atoms with Gasteiger partial charge in [0.1, 0.15) is 25.2 Å². The van der Waals surface area contributed by atoms with Gasteiger partial charge in [-0.15, -0.1) is 0 Å². The fraction of sp³-hybridized carbons (Fsp3) is 0.306. The first-order valence-electron chi connectivity index (χ1n) is 15.1. The molecule has 5 rings (SSSR count). The zero-order chi connectivity index (χ0) is 32.1.